The Hall–Kier alpha value is -1.59. The van der Waals surface area contributed by atoms with E-state index in [0.29, 0.717) is 15.7 Å². The summed E-state index contributed by atoms with van der Waals surface area (Å²) in [4.78, 5) is 11.9. The lowest BCUT2D eigenvalue weighted by atomic mass is 10.2. The Morgan fingerprint density at radius 3 is 2.70 bits per heavy atom. The van der Waals surface area contributed by atoms with Gasteiger partial charge < -0.3 is 10.5 Å². The predicted octanol–water partition coefficient (Wildman–Crippen LogP) is 4.18. The minimum absolute atomic E-state index is 0.172. The molecule has 2 aromatic carbocycles. The highest BCUT2D eigenvalue weighted by molar-refractivity contribution is 9.10. The molecule has 0 aromatic heterocycles. The number of halogens is 3. The quantitative estimate of drug-likeness (QED) is 0.661. The first-order chi connectivity index (χ1) is 9.45. The van der Waals surface area contributed by atoms with Crippen LogP contribution in [0.1, 0.15) is 15.9 Å². The number of hydrogen-bond donors (Lipinski definition) is 1. The molecular formula is C14H10BrClFNO2. The Balaban J connectivity index is 2.08. The summed E-state index contributed by atoms with van der Waals surface area (Å²) in [6, 6.07) is 8.91. The van der Waals surface area contributed by atoms with Crippen LogP contribution in [0.5, 0.6) is 0 Å². The van der Waals surface area contributed by atoms with Crippen LogP contribution >= 0.6 is 27.5 Å². The van der Waals surface area contributed by atoms with E-state index in [9.17, 15) is 9.18 Å². The number of nitrogen functional groups attached to an aromatic ring is 1. The van der Waals surface area contributed by atoms with Crippen LogP contribution in [0.4, 0.5) is 10.1 Å². The highest BCUT2D eigenvalue weighted by Crippen LogP contribution is 2.19. The zero-order chi connectivity index (χ0) is 14.7. The molecule has 104 valence electrons. The number of ether oxygens (including phenoxy) is 1. The highest BCUT2D eigenvalue weighted by Gasteiger charge is 2.11. The third-order valence-electron chi connectivity index (χ3n) is 2.53. The van der Waals surface area contributed by atoms with E-state index in [1.54, 1.807) is 12.1 Å². The monoisotopic (exact) mass is 357 g/mol. The number of nitrogens with two attached hydrogens (primary N) is 1. The van der Waals surface area contributed by atoms with Gasteiger partial charge >= 0.3 is 5.97 Å². The molecular weight excluding hydrogens is 349 g/mol. The second-order valence-electron chi connectivity index (χ2n) is 4.09. The number of rotatable bonds is 3. The molecule has 0 heterocycles. The van der Waals surface area contributed by atoms with Crippen molar-refractivity contribution in [3.05, 3.63) is 62.8 Å². The number of carbonyl (C=O) groups is 1. The first-order valence-electron chi connectivity index (χ1n) is 5.63. The first kappa shape index (κ1) is 14.8. The molecule has 0 atom stereocenters. The zero-order valence-electron chi connectivity index (χ0n) is 10.2. The molecule has 20 heavy (non-hydrogen) atoms. The first-order valence-corrected chi connectivity index (χ1v) is 6.80. The summed E-state index contributed by atoms with van der Waals surface area (Å²) in [7, 11) is 0. The fourth-order valence-corrected chi connectivity index (χ4v) is 2.27. The number of carbonyl (C=O) groups excluding carboxylic acids is 1. The summed E-state index contributed by atoms with van der Waals surface area (Å²) in [5.41, 5.74) is 6.62. The molecule has 0 saturated heterocycles. The van der Waals surface area contributed by atoms with E-state index in [4.69, 9.17) is 22.1 Å². The van der Waals surface area contributed by atoms with Gasteiger partial charge in [0.25, 0.3) is 0 Å². The molecule has 0 aliphatic carbocycles. The Kier molecular flexibility index (Phi) is 4.62. The van der Waals surface area contributed by atoms with Crippen molar-refractivity contribution in [3.8, 4) is 0 Å². The standard InChI is InChI=1S/C14H10BrClFNO2/c15-10-3-9(4-12(18)5-10)14(19)20-7-8-1-2-11(16)6-13(8)17/h1-6H,7,18H2. The van der Waals surface area contributed by atoms with Crippen molar-refractivity contribution in [2.45, 2.75) is 6.61 Å². The van der Waals surface area contributed by atoms with Gasteiger partial charge in [-0.2, -0.15) is 0 Å². The van der Waals surface area contributed by atoms with Crippen molar-refractivity contribution in [1.29, 1.82) is 0 Å². The maximum absolute atomic E-state index is 13.5. The van der Waals surface area contributed by atoms with E-state index < -0.39 is 11.8 Å². The van der Waals surface area contributed by atoms with Gasteiger partial charge in [0, 0.05) is 20.7 Å². The molecule has 3 nitrogen and oxygen atoms in total. The highest BCUT2D eigenvalue weighted by atomic mass is 79.9. The summed E-state index contributed by atoms with van der Waals surface area (Å²) < 4.78 is 19.2. The van der Waals surface area contributed by atoms with E-state index >= 15 is 0 Å². The average Bonchev–Trinajstić information content (AvgIpc) is 2.36. The van der Waals surface area contributed by atoms with Crippen molar-refractivity contribution < 1.29 is 13.9 Å². The molecule has 0 spiro atoms. The fraction of sp³-hybridized carbons (Fsp3) is 0.0714. The lowest BCUT2D eigenvalue weighted by Crippen LogP contribution is -2.07. The van der Waals surface area contributed by atoms with Crippen LogP contribution in [0, 0.1) is 5.82 Å². The van der Waals surface area contributed by atoms with Gasteiger partial charge in [0.1, 0.15) is 12.4 Å². The zero-order valence-corrected chi connectivity index (χ0v) is 12.5. The lowest BCUT2D eigenvalue weighted by molar-refractivity contribution is 0.0469. The van der Waals surface area contributed by atoms with Gasteiger partial charge in [-0.25, -0.2) is 9.18 Å². The number of anilines is 1. The van der Waals surface area contributed by atoms with E-state index in [1.165, 1.54) is 24.3 Å². The Morgan fingerprint density at radius 2 is 2.05 bits per heavy atom. The molecule has 0 amide bonds. The minimum atomic E-state index is -0.577. The van der Waals surface area contributed by atoms with Crippen molar-refractivity contribution in [2.75, 3.05) is 5.73 Å². The van der Waals surface area contributed by atoms with Crippen LogP contribution in [0.25, 0.3) is 0 Å². The van der Waals surface area contributed by atoms with Crippen molar-refractivity contribution in [2.24, 2.45) is 0 Å². The molecule has 0 fully saturated rings. The number of esters is 1. The molecule has 2 rings (SSSR count). The van der Waals surface area contributed by atoms with Gasteiger partial charge in [0.2, 0.25) is 0 Å². The van der Waals surface area contributed by atoms with Crippen LogP contribution in [0.3, 0.4) is 0 Å². The SMILES string of the molecule is Nc1cc(Br)cc(C(=O)OCc2ccc(Cl)cc2F)c1. The molecule has 0 aliphatic rings. The number of hydrogen-bond acceptors (Lipinski definition) is 3. The summed E-state index contributed by atoms with van der Waals surface area (Å²) >= 11 is 8.88. The van der Waals surface area contributed by atoms with Gasteiger partial charge in [-0.1, -0.05) is 33.6 Å². The van der Waals surface area contributed by atoms with Crippen molar-refractivity contribution in [1.82, 2.24) is 0 Å². The third kappa shape index (κ3) is 3.71. The number of benzene rings is 2. The Bertz CT molecular complexity index is 643. The van der Waals surface area contributed by atoms with Gasteiger partial charge in [-0.3, -0.25) is 0 Å². The normalized spacial score (nSPS) is 10.3. The van der Waals surface area contributed by atoms with E-state index in [0.717, 1.165) is 0 Å². The summed E-state index contributed by atoms with van der Waals surface area (Å²) in [6.07, 6.45) is 0. The molecule has 2 N–H and O–H groups in total. The molecule has 0 bridgehead atoms. The van der Waals surface area contributed by atoms with Gasteiger partial charge in [-0.15, -0.1) is 0 Å². The van der Waals surface area contributed by atoms with E-state index in [2.05, 4.69) is 15.9 Å². The third-order valence-corrected chi connectivity index (χ3v) is 3.22. The topological polar surface area (TPSA) is 52.3 Å². The summed E-state index contributed by atoms with van der Waals surface area (Å²) in [6.45, 7) is -0.172. The van der Waals surface area contributed by atoms with E-state index in [1.807, 2.05) is 0 Å². The van der Waals surface area contributed by atoms with Crippen LogP contribution in [0.15, 0.2) is 40.9 Å². The molecule has 0 aliphatic heterocycles. The second kappa shape index (κ2) is 6.24. The largest absolute Gasteiger partial charge is 0.457 e. The molecule has 6 heteroatoms. The van der Waals surface area contributed by atoms with Crippen LogP contribution in [-0.2, 0) is 11.3 Å². The van der Waals surface area contributed by atoms with Crippen molar-refractivity contribution >= 4 is 39.2 Å². The van der Waals surface area contributed by atoms with Gasteiger partial charge in [-0.05, 0) is 30.3 Å². The van der Waals surface area contributed by atoms with Gasteiger partial charge in [0.05, 0.1) is 5.56 Å². The Labute approximate surface area is 128 Å². The molecule has 0 unspecified atom stereocenters. The smallest absolute Gasteiger partial charge is 0.338 e. The summed E-state index contributed by atoms with van der Waals surface area (Å²) in [5, 5.41) is 0.289. The maximum Gasteiger partial charge on any atom is 0.338 e. The van der Waals surface area contributed by atoms with Crippen LogP contribution in [0.2, 0.25) is 5.02 Å². The van der Waals surface area contributed by atoms with Crippen LogP contribution < -0.4 is 5.73 Å². The summed E-state index contributed by atoms with van der Waals surface area (Å²) in [5.74, 6) is -1.09. The average molecular weight is 359 g/mol. The molecule has 2 aromatic rings. The van der Waals surface area contributed by atoms with Crippen LogP contribution in [-0.4, -0.2) is 5.97 Å². The second-order valence-corrected chi connectivity index (χ2v) is 5.44. The molecule has 0 saturated carbocycles. The lowest BCUT2D eigenvalue weighted by Gasteiger charge is -2.07. The molecule has 0 radical (unpaired) electrons. The fourth-order valence-electron chi connectivity index (χ4n) is 1.60. The minimum Gasteiger partial charge on any atom is -0.457 e. The van der Waals surface area contributed by atoms with Gasteiger partial charge in [0.15, 0.2) is 0 Å². The Morgan fingerprint density at radius 1 is 1.30 bits per heavy atom. The van der Waals surface area contributed by atoms with Crippen molar-refractivity contribution in [3.63, 3.8) is 0 Å². The predicted molar refractivity (Wildman–Crippen MR) is 79.1 cm³/mol. The van der Waals surface area contributed by atoms with E-state index in [-0.39, 0.29) is 17.2 Å². The maximum atomic E-state index is 13.5.